The molecular formula is C12H12N4O4. The monoisotopic (exact) mass is 276 g/mol. The van der Waals surface area contributed by atoms with Crippen molar-refractivity contribution in [3.05, 3.63) is 41.1 Å². The van der Waals surface area contributed by atoms with Gasteiger partial charge in [0.2, 0.25) is 0 Å². The molecule has 2 heterocycles. The number of nitrogens with one attached hydrogen (secondary N) is 1. The normalized spacial score (nSPS) is 10.3. The van der Waals surface area contributed by atoms with Crippen molar-refractivity contribution in [3.8, 4) is 0 Å². The van der Waals surface area contributed by atoms with E-state index < -0.39 is 11.9 Å². The Balaban J connectivity index is 2.01. The van der Waals surface area contributed by atoms with Gasteiger partial charge in [-0.25, -0.2) is 19.7 Å². The van der Waals surface area contributed by atoms with Gasteiger partial charge in [0.05, 0.1) is 24.6 Å². The van der Waals surface area contributed by atoms with E-state index in [9.17, 15) is 9.59 Å². The maximum Gasteiger partial charge on any atom is 0.356 e. The van der Waals surface area contributed by atoms with Crippen molar-refractivity contribution in [3.63, 3.8) is 0 Å². The molecular weight excluding hydrogens is 264 g/mol. The molecule has 0 aromatic carbocycles. The summed E-state index contributed by atoms with van der Waals surface area (Å²) in [7, 11) is 0. The fourth-order valence-electron chi connectivity index (χ4n) is 1.54. The quantitative estimate of drug-likeness (QED) is 0.844. The number of carbonyl (C=O) groups excluding carboxylic acids is 1. The Kier molecular flexibility index (Phi) is 3.74. The first-order valence-corrected chi connectivity index (χ1v) is 5.74. The van der Waals surface area contributed by atoms with Crippen molar-refractivity contribution in [2.24, 2.45) is 0 Å². The lowest BCUT2D eigenvalue weighted by Gasteiger charge is -2.02. The molecule has 8 nitrogen and oxygen atoms in total. The first kappa shape index (κ1) is 13.7. The maximum absolute atomic E-state index is 11.8. The molecule has 2 aromatic rings. The van der Waals surface area contributed by atoms with E-state index in [0.717, 1.165) is 12.4 Å². The first-order chi connectivity index (χ1) is 9.47. The van der Waals surface area contributed by atoms with Gasteiger partial charge >= 0.3 is 5.97 Å². The van der Waals surface area contributed by atoms with Crippen LogP contribution in [0.15, 0.2) is 16.8 Å². The van der Waals surface area contributed by atoms with Crippen LogP contribution in [-0.4, -0.2) is 31.9 Å². The molecule has 1 amide bonds. The van der Waals surface area contributed by atoms with Crippen LogP contribution in [0.1, 0.15) is 38.3 Å². The summed E-state index contributed by atoms with van der Waals surface area (Å²) in [5.74, 6) is -0.580. The predicted molar refractivity (Wildman–Crippen MR) is 66.1 cm³/mol. The SMILES string of the molecule is Cc1nc(C)c(CNC(=O)c2cnc(C(=O)O)cn2)o1. The molecule has 20 heavy (non-hydrogen) atoms. The number of carboxylic acids is 1. The molecule has 0 aliphatic heterocycles. The van der Waals surface area contributed by atoms with Gasteiger partial charge in [0, 0.05) is 6.92 Å². The lowest BCUT2D eigenvalue weighted by molar-refractivity contribution is 0.0689. The van der Waals surface area contributed by atoms with Crippen molar-refractivity contribution in [2.75, 3.05) is 0 Å². The second-order valence-electron chi connectivity index (χ2n) is 4.02. The van der Waals surface area contributed by atoms with Crippen molar-refractivity contribution in [2.45, 2.75) is 20.4 Å². The standard InChI is InChI=1S/C12H12N4O4/c1-6-10(20-7(2)16-6)5-15-11(17)8-3-14-9(4-13-8)12(18)19/h3-4H,5H2,1-2H3,(H,15,17)(H,18,19). The molecule has 2 aromatic heterocycles. The zero-order valence-electron chi connectivity index (χ0n) is 10.9. The zero-order valence-corrected chi connectivity index (χ0v) is 10.9. The van der Waals surface area contributed by atoms with Gasteiger partial charge in [-0.05, 0) is 6.92 Å². The third-order valence-electron chi connectivity index (χ3n) is 2.51. The van der Waals surface area contributed by atoms with Gasteiger partial charge in [-0.2, -0.15) is 0 Å². The number of nitrogens with zero attached hydrogens (tertiary/aromatic N) is 3. The predicted octanol–water partition coefficient (Wildman–Crippen LogP) is 0.710. The van der Waals surface area contributed by atoms with Crippen LogP contribution >= 0.6 is 0 Å². The van der Waals surface area contributed by atoms with Crippen LogP contribution in [0.3, 0.4) is 0 Å². The van der Waals surface area contributed by atoms with Crippen LogP contribution in [0.5, 0.6) is 0 Å². The Hall–Kier alpha value is -2.77. The highest BCUT2D eigenvalue weighted by Crippen LogP contribution is 2.08. The zero-order chi connectivity index (χ0) is 14.7. The van der Waals surface area contributed by atoms with Crippen LogP contribution in [0.4, 0.5) is 0 Å². The highest BCUT2D eigenvalue weighted by Gasteiger charge is 2.12. The summed E-state index contributed by atoms with van der Waals surface area (Å²) < 4.78 is 5.31. The summed E-state index contributed by atoms with van der Waals surface area (Å²) in [5.41, 5.74) is 0.516. The largest absolute Gasteiger partial charge is 0.476 e. The minimum absolute atomic E-state index is 0.0314. The summed E-state index contributed by atoms with van der Waals surface area (Å²) >= 11 is 0. The van der Waals surface area contributed by atoms with Crippen LogP contribution in [0, 0.1) is 13.8 Å². The summed E-state index contributed by atoms with van der Waals surface area (Å²) in [6, 6.07) is 0. The Morgan fingerprint density at radius 2 is 1.90 bits per heavy atom. The number of amides is 1. The number of aryl methyl sites for hydroxylation is 2. The van der Waals surface area contributed by atoms with Gasteiger partial charge in [-0.15, -0.1) is 0 Å². The Bertz CT molecular complexity index is 648. The van der Waals surface area contributed by atoms with E-state index >= 15 is 0 Å². The minimum atomic E-state index is -1.20. The molecule has 0 aliphatic carbocycles. The van der Waals surface area contributed by atoms with Gasteiger partial charge in [0.1, 0.15) is 11.5 Å². The van der Waals surface area contributed by atoms with Crippen LogP contribution in [-0.2, 0) is 6.54 Å². The highest BCUT2D eigenvalue weighted by molar-refractivity contribution is 5.92. The van der Waals surface area contributed by atoms with E-state index in [2.05, 4.69) is 20.3 Å². The number of oxazole rings is 1. The van der Waals surface area contributed by atoms with Gasteiger partial charge in [-0.1, -0.05) is 0 Å². The third kappa shape index (κ3) is 2.97. The van der Waals surface area contributed by atoms with E-state index in [0.29, 0.717) is 17.3 Å². The van der Waals surface area contributed by atoms with E-state index in [1.165, 1.54) is 0 Å². The number of hydrogen-bond acceptors (Lipinski definition) is 6. The Labute approximate surface area is 113 Å². The molecule has 0 bridgehead atoms. The van der Waals surface area contributed by atoms with Crippen LogP contribution in [0.25, 0.3) is 0 Å². The average molecular weight is 276 g/mol. The van der Waals surface area contributed by atoms with Crippen molar-refractivity contribution >= 4 is 11.9 Å². The Morgan fingerprint density at radius 3 is 2.40 bits per heavy atom. The molecule has 2 rings (SSSR count). The molecule has 0 saturated carbocycles. The number of aromatic nitrogens is 3. The first-order valence-electron chi connectivity index (χ1n) is 5.74. The minimum Gasteiger partial charge on any atom is -0.476 e. The molecule has 0 aliphatic rings. The Morgan fingerprint density at radius 1 is 1.25 bits per heavy atom. The van der Waals surface area contributed by atoms with Gasteiger partial charge in [-0.3, -0.25) is 4.79 Å². The molecule has 104 valence electrons. The fourth-order valence-corrected chi connectivity index (χ4v) is 1.54. The van der Waals surface area contributed by atoms with E-state index in [4.69, 9.17) is 9.52 Å². The topological polar surface area (TPSA) is 118 Å². The second-order valence-corrected chi connectivity index (χ2v) is 4.02. The lowest BCUT2D eigenvalue weighted by Crippen LogP contribution is -2.24. The highest BCUT2D eigenvalue weighted by atomic mass is 16.4. The molecule has 0 fully saturated rings. The smallest absolute Gasteiger partial charge is 0.356 e. The fraction of sp³-hybridized carbons (Fsp3) is 0.250. The number of carbonyl (C=O) groups is 2. The second kappa shape index (κ2) is 5.47. The van der Waals surface area contributed by atoms with Crippen molar-refractivity contribution in [1.29, 1.82) is 0 Å². The van der Waals surface area contributed by atoms with Crippen LogP contribution in [0.2, 0.25) is 0 Å². The number of rotatable bonds is 4. The summed E-state index contributed by atoms with van der Waals surface area (Å²) in [6.45, 7) is 3.67. The van der Waals surface area contributed by atoms with E-state index in [1.54, 1.807) is 13.8 Å². The lowest BCUT2D eigenvalue weighted by atomic mass is 10.3. The summed E-state index contributed by atoms with van der Waals surface area (Å²) in [4.78, 5) is 33.8. The van der Waals surface area contributed by atoms with Gasteiger partial charge in [0.25, 0.3) is 5.91 Å². The third-order valence-corrected chi connectivity index (χ3v) is 2.51. The van der Waals surface area contributed by atoms with Crippen molar-refractivity contribution < 1.29 is 19.1 Å². The molecule has 0 unspecified atom stereocenters. The molecule has 0 atom stereocenters. The van der Waals surface area contributed by atoms with Gasteiger partial charge < -0.3 is 14.8 Å². The molecule has 0 spiro atoms. The maximum atomic E-state index is 11.8. The van der Waals surface area contributed by atoms with Crippen LogP contribution < -0.4 is 5.32 Å². The summed E-state index contributed by atoms with van der Waals surface area (Å²) in [5, 5.41) is 11.3. The number of hydrogen-bond donors (Lipinski definition) is 2. The number of carboxylic acid groups (broad SMARTS) is 1. The molecule has 0 saturated heterocycles. The average Bonchev–Trinajstić information content (AvgIpc) is 2.74. The molecule has 0 radical (unpaired) electrons. The number of aromatic carboxylic acids is 1. The molecule has 2 N–H and O–H groups in total. The molecule has 8 heteroatoms. The van der Waals surface area contributed by atoms with E-state index in [1.807, 2.05) is 0 Å². The van der Waals surface area contributed by atoms with Gasteiger partial charge in [0.15, 0.2) is 11.6 Å². The summed E-state index contributed by atoms with van der Waals surface area (Å²) in [6.07, 6.45) is 2.14. The van der Waals surface area contributed by atoms with Crippen molar-refractivity contribution in [1.82, 2.24) is 20.3 Å². The van der Waals surface area contributed by atoms with E-state index in [-0.39, 0.29) is 17.9 Å².